The Morgan fingerprint density at radius 1 is 1.59 bits per heavy atom. The first-order chi connectivity index (χ1) is 8.20. The molecule has 1 fully saturated rings. The number of rotatable bonds is 6. The highest BCUT2D eigenvalue weighted by atomic mass is 79.9. The molecule has 1 saturated carbocycles. The summed E-state index contributed by atoms with van der Waals surface area (Å²) in [6.45, 7) is 5.33. The van der Waals surface area contributed by atoms with Crippen LogP contribution in [0, 0.1) is 0 Å². The summed E-state index contributed by atoms with van der Waals surface area (Å²) >= 11 is 3.45. The Bertz CT molecular complexity index is 379. The summed E-state index contributed by atoms with van der Waals surface area (Å²) in [6.07, 6.45) is 4.39. The van der Waals surface area contributed by atoms with E-state index in [0.717, 1.165) is 36.0 Å². The molecule has 0 aromatic carbocycles. The molecule has 4 nitrogen and oxygen atoms in total. The highest BCUT2D eigenvalue weighted by Gasteiger charge is 2.27. The summed E-state index contributed by atoms with van der Waals surface area (Å²) in [4.78, 5) is 6.77. The first kappa shape index (κ1) is 12.6. The maximum absolute atomic E-state index is 5.65. The van der Waals surface area contributed by atoms with Gasteiger partial charge in [-0.3, -0.25) is 4.90 Å². The van der Waals surface area contributed by atoms with Crippen molar-refractivity contribution in [2.45, 2.75) is 25.8 Å². The number of nitrogens with one attached hydrogen (secondary N) is 1. The van der Waals surface area contributed by atoms with Gasteiger partial charge < -0.3 is 11.1 Å². The third kappa shape index (κ3) is 3.57. The molecule has 0 spiro atoms. The van der Waals surface area contributed by atoms with Gasteiger partial charge in [-0.05, 0) is 41.4 Å². The van der Waals surface area contributed by atoms with Crippen molar-refractivity contribution in [2.75, 3.05) is 30.7 Å². The molecule has 17 heavy (non-hydrogen) atoms. The molecule has 94 valence electrons. The first-order valence-electron chi connectivity index (χ1n) is 6.09. The van der Waals surface area contributed by atoms with Crippen LogP contribution in [0.15, 0.2) is 16.7 Å². The van der Waals surface area contributed by atoms with Gasteiger partial charge in [0, 0.05) is 19.1 Å². The number of nitrogens with two attached hydrogens (primary N) is 1. The van der Waals surface area contributed by atoms with Crippen LogP contribution < -0.4 is 11.1 Å². The summed E-state index contributed by atoms with van der Waals surface area (Å²) in [5.74, 6) is 0.867. The largest absolute Gasteiger partial charge is 0.397 e. The standard InChI is InChI=1S/C12H19BrN4/c1-2-17(10-3-4-10)6-5-15-12-11(13)7-9(14)8-16-12/h7-8,10H,2-6,14H2,1H3,(H,15,16). The van der Waals surface area contributed by atoms with Gasteiger partial charge in [-0.25, -0.2) is 4.98 Å². The number of halogens is 1. The van der Waals surface area contributed by atoms with E-state index in [9.17, 15) is 0 Å². The minimum Gasteiger partial charge on any atom is -0.397 e. The third-order valence-electron chi connectivity index (χ3n) is 3.02. The van der Waals surface area contributed by atoms with E-state index in [1.54, 1.807) is 6.20 Å². The van der Waals surface area contributed by atoms with Crippen molar-refractivity contribution in [3.63, 3.8) is 0 Å². The number of nitrogen functional groups attached to an aromatic ring is 1. The second-order valence-electron chi connectivity index (χ2n) is 4.39. The lowest BCUT2D eigenvalue weighted by atomic mass is 10.4. The summed E-state index contributed by atoms with van der Waals surface area (Å²) in [5.41, 5.74) is 6.32. The van der Waals surface area contributed by atoms with Crippen LogP contribution in [0.25, 0.3) is 0 Å². The van der Waals surface area contributed by atoms with Crippen LogP contribution in [0.4, 0.5) is 11.5 Å². The number of anilines is 2. The average Bonchev–Trinajstić information content (AvgIpc) is 3.11. The van der Waals surface area contributed by atoms with Crippen LogP contribution in [0.3, 0.4) is 0 Å². The minimum atomic E-state index is 0.676. The highest BCUT2D eigenvalue weighted by molar-refractivity contribution is 9.10. The van der Waals surface area contributed by atoms with Crippen LogP contribution in [0.2, 0.25) is 0 Å². The molecule has 0 bridgehead atoms. The van der Waals surface area contributed by atoms with Gasteiger partial charge in [0.05, 0.1) is 16.4 Å². The van der Waals surface area contributed by atoms with Crippen LogP contribution in [0.5, 0.6) is 0 Å². The molecule has 0 atom stereocenters. The van der Waals surface area contributed by atoms with Gasteiger partial charge in [-0.2, -0.15) is 0 Å². The van der Waals surface area contributed by atoms with E-state index in [-0.39, 0.29) is 0 Å². The van der Waals surface area contributed by atoms with Gasteiger partial charge in [0.2, 0.25) is 0 Å². The van der Waals surface area contributed by atoms with Gasteiger partial charge in [0.25, 0.3) is 0 Å². The number of nitrogens with zero attached hydrogens (tertiary/aromatic N) is 2. The number of pyridine rings is 1. The monoisotopic (exact) mass is 298 g/mol. The zero-order valence-electron chi connectivity index (χ0n) is 10.1. The Hall–Kier alpha value is -0.810. The van der Waals surface area contributed by atoms with E-state index in [4.69, 9.17) is 5.73 Å². The van der Waals surface area contributed by atoms with E-state index < -0.39 is 0 Å². The summed E-state index contributed by atoms with van der Waals surface area (Å²) < 4.78 is 0.923. The zero-order valence-corrected chi connectivity index (χ0v) is 11.7. The molecule has 2 rings (SSSR count). The molecule has 1 aliphatic carbocycles. The van der Waals surface area contributed by atoms with Crippen molar-refractivity contribution < 1.29 is 0 Å². The van der Waals surface area contributed by atoms with Crippen LogP contribution >= 0.6 is 15.9 Å². The molecule has 1 aliphatic rings. The fourth-order valence-electron chi connectivity index (χ4n) is 1.94. The SMILES string of the molecule is CCN(CCNc1ncc(N)cc1Br)C1CC1. The summed E-state index contributed by atoms with van der Waals surface area (Å²) in [7, 11) is 0. The lowest BCUT2D eigenvalue weighted by molar-refractivity contribution is 0.289. The van der Waals surface area contributed by atoms with E-state index in [0.29, 0.717) is 5.69 Å². The molecule has 0 unspecified atom stereocenters. The fraction of sp³-hybridized carbons (Fsp3) is 0.583. The summed E-state index contributed by atoms with van der Waals surface area (Å²) in [6, 6.07) is 2.69. The van der Waals surface area contributed by atoms with Gasteiger partial charge >= 0.3 is 0 Å². The molecule has 0 amide bonds. The molecule has 5 heteroatoms. The van der Waals surface area contributed by atoms with E-state index in [2.05, 4.69) is 38.1 Å². The molecule has 0 aliphatic heterocycles. The fourth-order valence-corrected chi connectivity index (χ4v) is 2.45. The van der Waals surface area contributed by atoms with Crippen LogP contribution in [0.1, 0.15) is 19.8 Å². The van der Waals surface area contributed by atoms with Gasteiger partial charge in [0.15, 0.2) is 0 Å². The van der Waals surface area contributed by atoms with Gasteiger partial charge in [0.1, 0.15) is 5.82 Å². The summed E-state index contributed by atoms with van der Waals surface area (Å²) in [5, 5.41) is 3.33. The molecule has 1 heterocycles. The van der Waals surface area contributed by atoms with Crippen molar-refractivity contribution in [1.82, 2.24) is 9.88 Å². The van der Waals surface area contributed by atoms with Gasteiger partial charge in [-0.15, -0.1) is 0 Å². The van der Waals surface area contributed by atoms with Crippen molar-refractivity contribution >= 4 is 27.4 Å². The topological polar surface area (TPSA) is 54.2 Å². The number of aromatic nitrogens is 1. The first-order valence-corrected chi connectivity index (χ1v) is 6.89. The molecule has 0 radical (unpaired) electrons. The van der Waals surface area contributed by atoms with Crippen molar-refractivity contribution in [3.05, 3.63) is 16.7 Å². The normalized spacial score (nSPS) is 15.2. The predicted molar refractivity (Wildman–Crippen MR) is 75.1 cm³/mol. The highest BCUT2D eigenvalue weighted by Crippen LogP contribution is 2.26. The zero-order chi connectivity index (χ0) is 12.3. The Balaban J connectivity index is 1.80. The quantitative estimate of drug-likeness (QED) is 0.846. The predicted octanol–water partition coefficient (Wildman–Crippen LogP) is 2.32. The average molecular weight is 299 g/mol. The molecular weight excluding hydrogens is 280 g/mol. The Morgan fingerprint density at radius 3 is 2.94 bits per heavy atom. The smallest absolute Gasteiger partial charge is 0.140 e. The third-order valence-corrected chi connectivity index (χ3v) is 3.63. The Labute approximate surface area is 111 Å². The number of hydrogen-bond donors (Lipinski definition) is 2. The number of hydrogen-bond acceptors (Lipinski definition) is 4. The van der Waals surface area contributed by atoms with E-state index >= 15 is 0 Å². The molecule has 0 saturated heterocycles. The molecule has 1 aromatic heterocycles. The molecular formula is C12H19BrN4. The van der Waals surface area contributed by atoms with Crippen LogP contribution in [-0.2, 0) is 0 Å². The minimum absolute atomic E-state index is 0.676. The van der Waals surface area contributed by atoms with Crippen molar-refractivity contribution in [2.24, 2.45) is 0 Å². The Morgan fingerprint density at radius 2 is 2.35 bits per heavy atom. The lowest BCUT2D eigenvalue weighted by Crippen LogP contribution is -2.31. The van der Waals surface area contributed by atoms with E-state index in [1.807, 2.05) is 6.07 Å². The lowest BCUT2D eigenvalue weighted by Gasteiger charge is -2.20. The van der Waals surface area contributed by atoms with Crippen LogP contribution in [-0.4, -0.2) is 35.6 Å². The number of likely N-dealkylation sites (N-methyl/N-ethyl adjacent to an activating group) is 1. The van der Waals surface area contributed by atoms with Crippen molar-refractivity contribution in [1.29, 1.82) is 0 Å². The second kappa shape index (κ2) is 5.69. The second-order valence-corrected chi connectivity index (χ2v) is 5.24. The Kier molecular flexibility index (Phi) is 4.23. The maximum Gasteiger partial charge on any atom is 0.140 e. The van der Waals surface area contributed by atoms with Gasteiger partial charge in [-0.1, -0.05) is 6.92 Å². The maximum atomic E-state index is 5.65. The molecule has 1 aromatic rings. The van der Waals surface area contributed by atoms with Crippen molar-refractivity contribution in [3.8, 4) is 0 Å². The van der Waals surface area contributed by atoms with E-state index in [1.165, 1.54) is 12.8 Å². The molecule has 3 N–H and O–H groups in total.